The van der Waals surface area contributed by atoms with E-state index in [9.17, 15) is 0 Å². The Kier molecular flexibility index (Phi) is 4.56. The summed E-state index contributed by atoms with van der Waals surface area (Å²) in [6, 6.07) is 8.36. The van der Waals surface area contributed by atoms with E-state index in [1.165, 1.54) is 5.56 Å². The van der Waals surface area contributed by atoms with Crippen molar-refractivity contribution < 1.29 is 4.74 Å². The molecule has 0 aromatic heterocycles. The van der Waals surface area contributed by atoms with E-state index in [1.54, 1.807) is 0 Å². The molecule has 17 heavy (non-hydrogen) atoms. The Balaban J connectivity index is 1.94. The van der Waals surface area contributed by atoms with Gasteiger partial charge in [-0.15, -0.1) is 0 Å². The number of morpholine rings is 1. The molecule has 1 saturated heterocycles. The number of benzene rings is 1. The molecule has 0 spiro atoms. The minimum Gasteiger partial charge on any atom is -0.374 e. The second-order valence-electron chi connectivity index (χ2n) is 4.67. The summed E-state index contributed by atoms with van der Waals surface area (Å²) in [5.74, 6) is 0. The molecule has 1 aliphatic rings. The molecule has 0 amide bonds. The van der Waals surface area contributed by atoms with Crippen molar-refractivity contribution in [3.63, 3.8) is 0 Å². The Morgan fingerprint density at radius 3 is 3.12 bits per heavy atom. The van der Waals surface area contributed by atoms with Gasteiger partial charge in [0.1, 0.15) is 0 Å². The normalized spacial score (nSPS) is 23.6. The van der Waals surface area contributed by atoms with Crippen LogP contribution in [-0.4, -0.2) is 43.8 Å². The van der Waals surface area contributed by atoms with Crippen molar-refractivity contribution in [3.05, 3.63) is 34.3 Å². The molecule has 2 unspecified atom stereocenters. The van der Waals surface area contributed by atoms with Gasteiger partial charge in [0.15, 0.2) is 0 Å². The Labute approximate surface area is 111 Å². The smallest absolute Gasteiger partial charge is 0.0856 e. The van der Waals surface area contributed by atoms with Gasteiger partial charge < -0.3 is 15.4 Å². The highest BCUT2D eigenvalue weighted by Crippen LogP contribution is 2.15. The van der Waals surface area contributed by atoms with E-state index in [-0.39, 0.29) is 12.1 Å². The van der Waals surface area contributed by atoms with Crippen LogP contribution in [0.3, 0.4) is 0 Å². The van der Waals surface area contributed by atoms with E-state index in [2.05, 4.69) is 40.0 Å². The van der Waals surface area contributed by atoms with E-state index >= 15 is 0 Å². The number of rotatable bonds is 3. The van der Waals surface area contributed by atoms with Crippen molar-refractivity contribution in [2.75, 3.05) is 26.7 Å². The van der Waals surface area contributed by atoms with Gasteiger partial charge in [0.05, 0.1) is 12.7 Å². The summed E-state index contributed by atoms with van der Waals surface area (Å²) >= 11 is 3.48. The van der Waals surface area contributed by atoms with Gasteiger partial charge >= 0.3 is 0 Å². The maximum absolute atomic E-state index is 6.23. The molecule has 3 nitrogen and oxygen atoms in total. The zero-order valence-corrected chi connectivity index (χ0v) is 11.7. The highest BCUT2D eigenvalue weighted by Gasteiger charge is 2.24. The molecule has 2 rings (SSSR count). The minimum absolute atomic E-state index is 0.0621. The summed E-state index contributed by atoms with van der Waals surface area (Å²) in [4.78, 5) is 2.27. The number of halogens is 1. The lowest BCUT2D eigenvalue weighted by atomic mass is 10.0. The molecule has 94 valence electrons. The summed E-state index contributed by atoms with van der Waals surface area (Å²) in [7, 11) is 2.11. The van der Waals surface area contributed by atoms with E-state index in [1.807, 2.05) is 12.1 Å². The Morgan fingerprint density at radius 2 is 2.41 bits per heavy atom. The first-order valence-corrected chi connectivity index (χ1v) is 6.74. The molecular formula is C13H19BrN2O. The van der Waals surface area contributed by atoms with Crippen molar-refractivity contribution in [1.82, 2.24) is 4.90 Å². The second kappa shape index (κ2) is 5.96. The molecule has 1 heterocycles. The lowest BCUT2D eigenvalue weighted by molar-refractivity contribution is -0.0319. The van der Waals surface area contributed by atoms with Crippen LogP contribution in [0.5, 0.6) is 0 Å². The second-order valence-corrected chi connectivity index (χ2v) is 5.59. The Hall–Kier alpha value is -0.420. The lowest BCUT2D eigenvalue weighted by Crippen LogP contribution is -2.50. The molecule has 0 saturated carbocycles. The van der Waals surface area contributed by atoms with E-state index in [4.69, 9.17) is 10.5 Å². The molecule has 1 aliphatic heterocycles. The molecule has 1 aromatic carbocycles. The van der Waals surface area contributed by atoms with Gasteiger partial charge in [0.2, 0.25) is 0 Å². The van der Waals surface area contributed by atoms with E-state index < -0.39 is 0 Å². The third-order valence-electron chi connectivity index (χ3n) is 3.13. The number of nitrogens with two attached hydrogens (primary N) is 1. The van der Waals surface area contributed by atoms with Crippen LogP contribution in [0, 0.1) is 0 Å². The summed E-state index contributed by atoms with van der Waals surface area (Å²) < 4.78 is 6.84. The van der Waals surface area contributed by atoms with Gasteiger partial charge in [0, 0.05) is 23.6 Å². The molecular weight excluding hydrogens is 280 g/mol. The average Bonchev–Trinajstić information content (AvgIpc) is 2.29. The third kappa shape index (κ3) is 3.78. The highest BCUT2D eigenvalue weighted by molar-refractivity contribution is 9.10. The summed E-state index contributed by atoms with van der Waals surface area (Å²) in [6.07, 6.45) is 1.01. The average molecular weight is 299 g/mol. The molecule has 0 radical (unpaired) electrons. The maximum Gasteiger partial charge on any atom is 0.0856 e. The Bertz CT molecular complexity index is 372. The van der Waals surface area contributed by atoms with Crippen LogP contribution in [0.2, 0.25) is 0 Å². The van der Waals surface area contributed by atoms with Crippen molar-refractivity contribution >= 4 is 15.9 Å². The van der Waals surface area contributed by atoms with Gasteiger partial charge in [-0.1, -0.05) is 28.1 Å². The first-order valence-electron chi connectivity index (χ1n) is 5.95. The number of ether oxygens (including phenoxy) is 1. The van der Waals surface area contributed by atoms with Gasteiger partial charge in [-0.3, -0.25) is 0 Å². The predicted molar refractivity (Wildman–Crippen MR) is 73.1 cm³/mol. The monoisotopic (exact) mass is 298 g/mol. The number of hydrogen-bond acceptors (Lipinski definition) is 3. The zero-order valence-electron chi connectivity index (χ0n) is 10.1. The zero-order chi connectivity index (χ0) is 12.3. The molecule has 2 atom stereocenters. The molecule has 1 aromatic rings. The maximum atomic E-state index is 6.23. The number of hydrogen-bond donors (Lipinski definition) is 1. The SMILES string of the molecule is CN1CCOC(C(N)Cc2cccc(Br)c2)C1. The first-order chi connectivity index (χ1) is 8.15. The van der Waals surface area contributed by atoms with Crippen LogP contribution in [0.4, 0.5) is 0 Å². The molecule has 1 fully saturated rings. The van der Waals surface area contributed by atoms with Crippen LogP contribution in [0.1, 0.15) is 5.56 Å². The van der Waals surface area contributed by atoms with E-state index in [0.717, 1.165) is 30.6 Å². The van der Waals surface area contributed by atoms with Crippen molar-refractivity contribution in [1.29, 1.82) is 0 Å². The quantitative estimate of drug-likeness (QED) is 0.922. The first kappa shape index (κ1) is 13.0. The molecule has 4 heteroatoms. The van der Waals surface area contributed by atoms with Gasteiger partial charge in [-0.25, -0.2) is 0 Å². The van der Waals surface area contributed by atoms with Crippen molar-refractivity contribution in [3.8, 4) is 0 Å². The fraction of sp³-hybridized carbons (Fsp3) is 0.538. The molecule has 0 aliphatic carbocycles. The fourth-order valence-electron chi connectivity index (χ4n) is 2.14. The summed E-state index contributed by atoms with van der Waals surface area (Å²) in [5, 5.41) is 0. The summed E-state index contributed by atoms with van der Waals surface area (Å²) in [5.41, 5.74) is 7.48. The summed E-state index contributed by atoms with van der Waals surface area (Å²) in [6.45, 7) is 2.71. The molecule has 2 N–H and O–H groups in total. The standard InChI is InChI=1S/C13H19BrN2O/c1-16-5-6-17-13(9-16)12(15)8-10-3-2-4-11(14)7-10/h2-4,7,12-13H,5-6,8-9,15H2,1H3. The van der Waals surface area contributed by atoms with Crippen LogP contribution >= 0.6 is 15.9 Å². The van der Waals surface area contributed by atoms with Crippen LogP contribution < -0.4 is 5.73 Å². The fourth-order valence-corrected chi connectivity index (χ4v) is 2.58. The third-order valence-corrected chi connectivity index (χ3v) is 3.63. The van der Waals surface area contributed by atoms with Gasteiger partial charge in [-0.05, 0) is 31.2 Å². The van der Waals surface area contributed by atoms with Crippen molar-refractivity contribution in [2.24, 2.45) is 5.73 Å². The van der Waals surface area contributed by atoms with E-state index in [0.29, 0.717) is 0 Å². The predicted octanol–water partition coefficient (Wildman–Crippen LogP) is 1.65. The van der Waals surface area contributed by atoms with Crippen LogP contribution in [0.15, 0.2) is 28.7 Å². The van der Waals surface area contributed by atoms with Crippen molar-refractivity contribution in [2.45, 2.75) is 18.6 Å². The van der Waals surface area contributed by atoms with Crippen LogP contribution in [-0.2, 0) is 11.2 Å². The Morgan fingerprint density at radius 1 is 1.59 bits per heavy atom. The van der Waals surface area contributed by atoms with Gasteiger partial charge in [-0.2, -0.15) is 0 Å². The molecule has 0 bridgehead atoms. The number of likely N-dealkylation sites (N-methyl/N-ethyl adjacent to an activating group) is 1. The largest absolute Gasteiger partial charge is 0.374 e. The highest BCUT2D eigenvalue weighted by atomic mass is 79.9. The van der Waals surface area contributed by atoms with Crippen LogP contribution in [0.25, 0.3) is 0 Å². The number of nitrogens with zero attached hydrogens (tertiary/aromatic N) is 1. The topological polar surface area (TPSA) is 38.5 Å². The minimum atomic E-state index is 0.0621. The lowest BCUT2D eigenvalue weighted by Gasteiger charge is -2.33. The van der Waals surface area contributed by atoms with Gasteiger partial charge in [0.25, 0.3) is 0 Å².